The van der Waals surface area contributed by atoms with Gasteiger partial charge in [-0.25, -0.2) is 0 Å². The molecule has 3 rings (SSSR count). The molecule has 0 radical (unpaired) electrons. The molecule has 0 unspecified atom stereocenters. The third-order valence-corrected chi connectivity index (χ3v) is 6.64. The zero-order chi connectivity index (χ0) is 26.0. The second kappa shape index (κ2) is 17.4. The highest BCUT2D eigenvalue weighted by Crippen LogP contribution is 2.28. The molecule has 0 atom stereocenters. The van der Waals surface area contributed by atoms with E-state index in [-0.39, 0.29) is 0 Å². The quantitative estimate of drug-likeness (QED) is 0.114. The summed E-state index contributed by atoms with van der Waals surface area (Å²) in [6.45, 7) is 7.55. The summed E-state index contributed by atoms with van der Waals surface area (Å²) in [5.74, 6) is 2.55. The average Bonchev–Trinajstić information content (AvgIpc) is 3.43. The molecule has 4 nitrogen and oxygen atoms in total. The molecule has 0 aliphatic rings. The van der Waals surface area contributed by atoms with Gasteiger partial charge in [0.05, 0.1) is 13.2 Å². The Morgan fingerprint density at radius 2 is 1.19 bits per heavy atom. The van der Waals surface area contributed by atoms with Crippen LogP contribution in [-0.2, 0) is 0 Å². The zero-order valence-electron chi connectivity index (χ0n) is 22.8. The van der Waals surface area contributed by atoms with Gasteiger partial charge >= 0.3 is 0 Å². The largest absolute Gasteiger partial charge is 0.494 e. The summed E-state index contributed by atoms with van der Waals surface area (Å²) in [5, 5.41) is 4.27. The molecule has 0 saturated carbocycles. The molecule has 0 N–H and O–H groups in total. The summed E-state index contributed by atoms with van der Waals surface area (Å²) in [6, 6.07) is 18.1. The van der Waals surface area contributed by atoms with Crippen LogP contribution in [0.1, 0.15) is 90.4 Å². The maximum atomic E-state index is 5.93. The second-order valence-electron chi connectivity index (χ2n) is 9.79. The van der Waals surface area contributed by atoms with Gasteiger partial charge in [0.15, 0.2) is 5.76 Å². The molecule has 0 bridgehead atoms. The molecule has 37 heavy (non-hydrogen) atoms. The number of rotatable bonds is 20. The SMILES string of the molecule is C=CCCCCCCCCCOc1ccc(-c2cc(-c3ccc(OCCCCCCC)cc3)no2)cc1. The maximum absolute atomic E-state index is 5.93. The molecule has 3 aromatic rings. The first kappa shape index (κ1) is 28.6. The van der Waals surface area contributed by atoms with E-state index >= 15 is 0 Å². The summed E-state index contributed by atoms with van der Waals surface area (Å²) < 4.78 is 17.4. The van der Waals surface area contributed by atoms with Gasteiger partial charge in [-0.05, 0) is 74.2 Å². The van der Waals surface area contributed by atoms with Crippen molar-refractivity contribution < 1.29 is 14.0 Å². The van der Waals surface area contributed by atoms with E-state index in [4.69, 9.17) is 14.0 Å². The lowest BCUT2D eigenvalue weighted by Gasteiger charge is -2.07. The van der Waals surface area contributed by atoms with Crippen LogP contribution in [0.25, 0.3) is 22.6 Å². The molecular formula is C33H45NO3. The zero-order valence-corrected chi connectivity index (χ0v) is 22.8. The van der Waals surface area contributed by atoms with Crippen molar-refractivity contribution in [1.29, 1.82) is 0 Å². The van der Waals surface area contributed by atoms with Crippen molar-refractivity contribution in [1.82, 2.24) is 5.16 Å². The fraction of sp³-hybridized carbons (Fsp3) is 0.485. The van der Waals surface area contributed by atoms with Gasteiger partial charge < -0.3 is 14.0 Å². The van der Waals surface area contributed by atoms with Crippen molar-refractivity contribution in [3.63, 3.8) is 0 Å². The molecular weight excluding hydrogens is 458 g/mol. The third kappa shape index (κ3) is 10.9. The van der Waals surface area contributed by atoms with Crippen molar-refractivity contribution >= 4 is 0 Å². The van der Waals surface area contributed by atoms with E-state index in [1.807, 2.05) is 60.7 Å². The van der Waals surface area contributed by atoms with Crippen LogP contribution in [0.3, 0.4) is 0 Å². The molecule has 1 aromatic heterocycles. The highest BCUT2D eigenvalue weighted by atomic mass is 16.5. The van der Waals surface area contributed by atoms with E-state index in [0.29, 0.717) is 0 Å². The van der Waals surface area contributed by atoms with Gasteiger partial charge in [-0.2, -0.15) is 0 Å². The Kier molecular flexibility index (Phi) is 13.5. The number of unbranched alkanes of at least 4 members (excludes halogenated alkanes) is 11. The Bertz CT molecular complexity index is 991. The Hall–Kier alpha value is -3.01. The predicted molar refractivity (Wildman–Crippen MR) is 154 cm³/mol. The third-order valence-electron chi connectivity index (χ3n) is 6.64. The van der Waals surface area contributed by atoms with E-state index in [2.05, 4.69) is 18.7 Å². The number of ether oxygens (including phenoxy) is 2. The monoisotopic (exact) mass is 503 g/mol. The van der Waals surface area contributed by atoms with Crippen LogP contribution in [-0.4, -0.2) is 18.4 Å². The second-order valence-corrected chi connectivity index (χ2v) is 9.79. The topological polar surface area (TPSA) is 44.5 Å². The fourth-order valence-corrected chi connectivity index (χ4v) is 4.34. The number of allylic oxidation sites excluding steroid dienone is 1. The van der Waals surface area contributed by atoms with Crippen LogP contribution in [0.15, 0.2) is 71.8 Å². The average molecular weight is 504 g/mol. The molecule has 0 fully saturated rings. The van der Waals surface area contributed by atoms with Crippen LogP contribution in [0.5, 0.6) is 11.5 Å². The molecule has 1 heterocycles. The van der Waals surface area contributed by atoms with E-state index < -0.39 is 0 Å². The number of hydrogen-bond donors (Lipinski definition) is 0. The number of benzene rings is 2. The van der Waals surface area contributed by atoms with Crippen molar-refractivity contribution in [3.05, 3.63) is 67.3 Å². The van der Waals surface area contributed by atoms with Crippen molar-refractivity contribution in [2.75, 3.05) is 13.2 Å². The number of aromatic nitrogens is 1. The van der Waals surface area contributed by atoms with Crippen LogP contribution in [0, 0.1) is 0 Å². The van der Waals surface area contributed by atoms with Crippen LogP contribution >= 0.6 is 0 Å². The van der Waals surface area contributed by atoms with Gasteiger partial charge in [-0.1, -0.05) is 75.9 Å². The summed E-state index contributed by atoms with van der Waals surface area (Å²) in [7, 11) is 0. The van der Waals surface area contributed by atoms with Gasteiger partial charge in [0, 0.05) is 17.2 Å². The Morgan fingerprint density at radius 1 is 0.676 bits per heavy atom. The van der Waals surface area contributed by atoms with Gasteiger partial charge in [-0.15, -0.1) is 6.58 Å². The molecule has 0 saturated heterocycles. The van der Waals surface area contributed by atoms with E-state index in [9.17, 15) is 0 Å². The van der Waals surface area contributed by atoms with Crippen LogP contribution < -0.4 is 9.47 Å². The van der Waals surface area contributed by atoms with Crippen molar-refractivity contribution in [2.45, 2.75) is 90.4 Å². The van der Waals surface area contributed by atoms with Gasteiger partial charge in [0.25, 0.3) is 0 Å². The normalized spacial score (nSPS) is 10.9. The van der Waals surface area contributed by atoms with E-state index in [1.54, 1.807) is 0 Å². The van der Waals surface area contributed by atoms with Crippen LogP contribution in [0.4, 0.5) is 0 Å². The first-order valence-electron chi connectivity index (χ1n) is 14.3. The molecule has 0 aliphatic carbocycles. The highest BCUT2D eigenvalue weighted by Gasteiger charge is 2.09. The molecule has 0 aliphatic heterocycles. The Labute approximate surface area is 224 Å². The first-order chi connectivity index (χ1) is 18.3. The Balaban J connectivity index is 1.36. The molecule has 0 amide bonds. The number of nitrogens with zero attached hydrogens (tertiary/aromatic N) is 1. The van der Waals surface area contributed by atoms with Gasteiger partial charge in [0.1, 0.15) is 17.2 Å². The van der Waals surface area contributed by atoms with Gasteiger partial charge in [0.2, 0.25) is 0 Å². The first-order valence-corrected chi connectivity index (χ1v) is 14.3. The predicted octanol–water partition coefficient (Wildman–Crippen LogP) is 10.0. The minimum Gasteiger partial charge on any atom is -0.494 e. The molecule has 4 heteroatoms. The van der Waals surface area contributed by atoms with Crippen LogP contribution in [0.2, 0.25) is 0 Å². The minimum atomic E-state index is 0.752. The summed E-state index contributed by atoms with van der Waals surface area (Å²) in [4.78, 5) is 0. The van der Waals surface area contributed by atoms with E-state index in [0.717, 1.165) is 66.6 Å². The number of hydrogen-bond acceptors (Lipinski definition) is 4. The summed E-state index contributed by atoms with van der Waals surface area (Å²) in [5.41, 5.74) is 2.83. The lowest BCUT2D eigenvalue weighted by molar-refractivity contribution is 0.304. The van der Waals surface area contributed by atoms with Gasteiger partial charge in [-0.3, -0.25) is 0 Å². The Morgan fingerprint density at radius 3 is 1.76 bits per heavy atom. The minimum absolute atomic E-state index is 0.752. The molecule has 200 valence electrons. The smallest absolute Gasteiger partial charge is 0.167 e. The van der Waals surface area contributed by atoms with Crippen molar-refractivity contribution in [2.24, 2.45) is 0 Å². The standard InChI is InChI=1S/C33H45NO3/c1-3-5-7-9-10-11-12-14-16-26-36-31-23-19-29(20-24-31)33-27-32(34-37-33)28-17-21-30(22-18-28)35-25-15-13-8-6-4-2/h3,17-24,27H,1,4-16,25-26H2,2H3. The molecule has 2 aromatic carbocycles. The lowest BCUT2D eigenvalue weighted by atomic mass is 10.1. The van der Waals surface area contributed by atoms with E-state index in [1.165, 1.54) is 64.2 Å². The highest BCUT2D eigenvalue weighted by molar-refractivity contribution is 5.67. The fourth-order valence-electron chi connectivity index (χ4n) is 4.34. The van der Waals surface area contributed by atoms with Crippen molar-refractivity contribution in [3.8, 4) is 34.1 Å². The maximum Gasteiger partial charge on any atom is 0.167 e. The summed E-state index contributed by atoms with van der Waals surface area (Å²) in [6.07, 6.45) is 18.2. The summed E-state index contributed by atoms with van der Waals surface area (Å²) >= 11 is 0. The molecule has 0 spiro atoms. The lowest BCUT2D eigenvalue weighted by Crippen LogP contribution is -1.97.